The van der Waals surface area contributed by atoms with Gasteiger partial charge in [-0.15, -0.1) is 11.3 Å². The molecule has 30 heavy (non-hydrogen) atoms. The number of rotatable bonds is 5. The normalized spacial score (nSPS) is 16.2. The lowest BCUT2D eigenvalue weighted by Crippen LogP contribution is -2.37. The van der Waals surface area contributed by atoms with Crippen molar-refractivity contribution in [1.29, 1.82) is 0 Å². The van der Waals surface area contributed by atoms with Crippen LogP contribution in [0.5, 0.6) is 0 Å². The molecule has 4 rings (SSSR count). The van der Waals surface area contributed by atoms with Crippen LogP contribution in [0, 0.1) is 0 Å². The Labute approximate surface area is 188 Å². The van der Waals surface area contributed by atoms with Crippen LogP contribution in [0.25, 0.3) is 5.00 Å². The Bertz CT molecular complexity index is 1210. The summed E-state index contributed by atoms with van der Waals surface area (Å²) in [7, 11) is -3.22. The van der Waals surface area contributed by atoms with Crippen LogP contribution in [0.15, 0.2) is 40.5 Å². The first kappa shape index (κ1) is 21.6. The van der Waals surface area contributed by atoms with Gasteiger partial charge in [-0.25, -0.2) is 26.8 Å². The van der Waals surface area contributed by atoms with Crippen LogP contribution in [0.2, 0.25) is 10.0 Å². The second-order valence-corrected chi connectivity index (χ2v) is 11.0. The molecule has 160 valence electrons. The summed E-state index contributed by atoms with van der Waals surface area (Å²) in [5, 5.41) is 8.35. The molecule has 3 aromatic rings. The molecule has 1 fully saturated rings. The number of aromatic nitrogens is 3. The fourth-order valence-corrected chi connectivity index (χ4v) is 5.73. The Kier molecular flexibility index (Phi) is 6.09. The highest BCUT2D eigenvalue weighted by molar-refractivity contribution is 7.88. The van der Waals surface area contributed by atoms with Crippen LogP contribution < -0.4 is 5.69 Å². The molecule has 0 N–H and O–H groups in total. The molecule has 0 radical (unpaired) electrons. The standard InChI is InChI=1S/C19H20Cl2N4O3S2/c1-30(27,28)23-8-6-13(7-9-23)18-22-24(12-14-4-5-15(20)11-16(14)21)19(26)25(18)17-3-2-10-29-17/h2-5,10-11,13H,6-9,12H2,1H3. The molecule has 1 aliphatic heterocycles. The van der Waals surface area contributed by atoms with E-state index < -0.39 is 10.0 Å². The molecule has 1 saturated heterocycles. The SMILES string of the molecule is CS(=O)(=O)N1CCC(c2nn(Cc3ccc(Cl)cc3Cl)c(=O)n2-c2cccs2)CC1. The molecule has 0 bridgehead atoms. The molecule has 1 aliphatic rings. The van der Waals surface area contributed by atoms with Gasteiger partial charge in [0.25, 0.3) is 0 Å². The minimum absolute atomic E-state index is 0.0141. The van der Waals surface area contributed by atoms with Gasteiger partial charge in [0.15, 0.2) is 0 Å². The average Bonchev–Trinajstić information content (AvgIpc) is 3.32. The number of hydrogen-bond donors (Lipinski definition) is 0. The Morgan fingerprint density at radius 3 is 2.53 bits per heavy atom. The van der Waals surface area contributed by atoms with Gasteiger partial charge < -0.3 is 0 Å². The largest absolute Gasteiger partial charge is 0.351 e. The van der Waals surface area contributed by atoms with Crippen molar-refractivity contribution in [1.82, 2.24) is 18.7 Å². The van der Waals surface area contributed by atoms with E-state index in [1.54, 1.807) is 22.8 Å². The fourth-order valence-electron chi connectivity index (χ4n) is 3.65. The van der Waals surface area contributed by atoms with Gasteiger partial charge in [0.2, 0.25) is 10.0 Å². The average molecular weight is 487 g/mol. The van der Waals surface area contributed by atoms with E-state index in [1.165, 1.54) is 26.6 Å². The number of nitrogens with zero attached hydrogens (tertiary/aromatic N) is 4. The summed E-state index contributed by atoms with van der Waals surface area (Å²) in [5.41, 5.74) is 0.501. The van der Waals surface area contributed by atoms with E-state index in [2.05, 4.69) is 5.10 Å². The molecule has 0 saturated carbocycles. The summed E-state index contributed by atoms with van der Waals surface area (Å²) >= 11 is 13.7. The maximum absolute atomic E-state index is 13.2. The second-order valence-electron chi connectivity index (χ2n) is 7.26. The van der Waals surface area contributed by atoms with Gasteiger partial charge in [-0.2, -0.15) is 5.10 Å². The van der Waals surface area contributed by atoms with Crippen molar-refractivity contribution in [3.05, 3.63) is 67.6 Å². The molecule has 7 nitrogen and oxygen atoms in total. The summed E-state index contributed by atoms with van der Waals surface area (Å²) in [6.07, 6.45) is 2.44. The van der Waals surface area contributed by atoms with E-state index in [0.717, 1.165) is 10.6 Å². The van der Waals surface area contributed by atoms with Gasteiger partial charge in [0.1, 0.15) is 10.8 Å². The molecule has 0 amide bonds. The molecule has 2 aromatic heterocycles. The van der Waals surface area contributed by atoms with Crippen LogP contribution in [0.4, 0.5) is 0 Å². The highest BCUT2D eigenvalue weighted by Gasteiger charge is 2.30. The summed E-state index contributed by atoms with van der Waals surface area (Å²) in [6.45, 7) is 1.05. The van der Waals surface area contributed by atoms with E-state index in [-0.39, 0.29) is 18.2 Å². The summed E-state index contributed by atoms with van der Waals surface area (Å²) in [4.78, 5) is 13.2. The molecule has 0 atom stereocenters. The van der Waals surface area contributed by atoms with Crippen LogP contribution in [-0.4, -0.2) is 46.4 Å². The molecule has 0 spiro atoms. The third-order valence-corrected chi connectivity index (χ3v) is 7.96. The number of hydrogen-bond acceptors (Lipinski definition) is 5. The van der Waals surface area contributed by atoms with Crippen molar-refractivity contribution in [2.75, 3.05) is 19.3 Å². The molecule has 0 unspecified atom stereocenters. The minimum atomic E-state index is -3.22. The second kappa shape index (κ2) is 8.47. The molecule has 1 aromatic carbocycles. The monoisotopic (exact) mass is 486 g/mol. The molecule has 11 heteroatoms. The number of sulfonamides is 1. The summed E-state index contributed by atoms with van der Waals surface area (Å²) in [6, 6.07) is 8.91. The molecule has 3 heterocycles. The third-order valence-electron chi connectivity index (χ3n) is 5.21. The molecular weight excluding hydrogens is 467 g/mol. The number of piperidine rings is 1. The maximum atomic E-state index is 13.2. The number of halogens is 2. The Hall–Kier alpha value is -1.65. The highest BCUT2D eigenvalue weighted by Crippen LogP contribution is 2.30. The van der Waals surface area contributed by atoms with E-state index in [0.29, 0.717) is 41.8 Å². The third kappa shape index (κ3) is 4.36. The van der Waals surface area contributed by atoms with Gasteiger partial charge in [-0.3, -0.25) is 0 Å². The van der Waals surface area contributed by atoms with Gasteiger partial charge in [-0.05, 0) is 48.1 Å². The lowest BCUT2D eigenvalue weighted by Gasteiger charge is -2.29. The van der Waals surface area contributed by atoms with E-state index in [9.17, 15) is 13.2 Å². The maximum Gasteiger partial charge on any atom is 0.351 e. The zero-order valence-electron chi connectivity index (χ0n) is 16.2. The van der Waals surface area contributed by atoms with E-state index >= 15 is 0 Å². The molecular formula is C19H20Cl2N4O3S2. The van der Waals surface area contributed by atoms with Crippen molar-refractivity contribution < 1.29 is 8.42 Å². The lowest BCUT2D eigenvalue weighted by molar-refractivity contribution is 0.313. The van der Waals surface area contributed by atoms with E-state index in [1.807, 2.05) is 17.5 Å². The van der Waals surface area contributed by atoms with Crippen molar-refractivity contribution in [3.63, 3.8) is 0 Å². The quantitative estimate of drug-likeness (QED) is 0.551. The van der Waals surface area contributed by atoms with Crippen LogP contribution >= 0.6 is 34.5 Å². The number of benzene rings is 1. The van der Waals surface area contributed by atoms with Gasteiger partial charge in [0.05, 0.1) is 12.8 Å². The summed E-state index contributed by atoms with van der Waals surface area (Å²) < 4.78 is 28.2. The van der Waals surface area contributed by atoms with Gasteiger partial charge in [0, 0.05) is 29.1 Å². The van der Waals surface area contributed by atoms with Crippen LogP contribution in [0.1, 0.15) is 30.1 Å². The van der Waals surface area contributed by atoms with Crippen LogP contribution in [-0.2, 0) is 16.6 Å². The van der Waals surface area contributed by atoms with Gasteiger partial charge >= 0.3 is 5.69 Å². The lowest BCUT2D eigenvalue weighted by atomic mass is 9.97. The summed E-state index contributed by atoms with van der Waals surface area (Å²) in [5.74, 6) is 0.639. The highest BCUT2D eigenvalue weighted by atomic mass is 35.5. The zero-order valence-corrected chi connectivity index (χ0v) is 19.3. The first-order chi connectivity index (χ1) is 14.2. The van der Waals surface area contributed by atoms with Crippen molar-refractivity contribution in [2.45, 2.75) is 25.3 Å². The van der Waals surface area contributed by atoms with Crippen LogP contribution in [0.3, 0.4) is 0 Å². The van der Waals surface area contributed by atoms with Crippen molar-refractivity contribution in [2.24, 2.45) is 0 Å². The minimum Gasteiger partial charge on any atom is -0.246 e. The fraction of sp³-hybridized carbons (Fsp3) is 0.368. The predicted molar refractivity (Wildman–Crippen MR) is 120 cm³/mol. The predicted octanol–water partition coefficient (Wildman–Crippen LogP) is 3.59. The van der Waals surface area contributed by atoms with Gasteiger partial charge in [-0.1, -0.05) is 29.3 Å². The number of thiophene rings is 1. The Morgan fingerprint density at radius 2 is 1.93 bits per heavy atom. The topological polar surface area (TPSA) is 77.2 Å². The van der Waals surface area contributed by atoms with E-state index in [4.69, 9.17) is 23.2 Å². The Morgan fingerprint density at radius 1 is 1.20 bits per heavy atom. The smallest absolute Gasteiger partial charge is 0.246 e. The molecule has 0 aliphatic carbocycles. The zero-order chi connectivity index (χ0) is 21.5. The van der Waals surface area contributed by atoms with Crippen molar-refractivity contribution in [3.8, 4) is 5.00 Å². The first-order valence-electron chi connectivity index (χ1n) is 9.36. The van der Waals surface area contributed by atoms with Crippen molar-refractivity contribution >= 4 is 44.6 Å². The Balaban J connectivity index is 1.70. The first-order valence-corrected chi connectivity index (χ1v) is 12.8.